The number of hydrogen-bond donors (Lipinski definition) is 1. The first-order valence-corrected chi connectivity index (χ1v) is 10.9. The van der Waals surface area contributed by atoms with E-state index in [2.05, 4.69) is 0 Å². The van der Waals surface area contributed by atoms with Crippen molar-refractivity contribution in [2.75, 3.05) is 0 Å². The van der Waals surface area contributed by atoms with Crippen LogP contribution in [0.3, 0.4) is 0 Å². The van der Waals surface area contributed by atoms with Gasteiger partial charge < -0.3 is 5.11 Å². The smallest absolute Gasteiger partial charge is 0.341 e. The van der Waals surface area contributed by atoms with Crippen LogP contribution >= 0.6 is 33.2 Å². The molecule has 0 amide bonds. The highest BCUT2D eigenvalue weighted by Crippen LogP contribution is 2.27. The first-order chi connectivity index (χ1) is 7.42. The summed E-state index contributed by atoms with van der Waals surface area (Å²) < 4.78 is 0. The third-order valence-electron chi connectivity index (χ3n) is 2.35. The number of carboxylic acid groups (broad SMARTS) is 1. The van der Waals surface area contributed by atoms with E-state index in [1.165, 1.54) is 0 Å². The Morgan fingerprint density at radius 1 is 0.875 bits per heavy atom. The van der Waals surface area contributed by atoms with E-state index in [0.29, 0.717) is 6.42 Å². The standard InChI is InChI=1S/C10H19Cl3O2Si/c11-16(12,13)9-7-5-3-1-2-4-6-8-10(14)15/h1-9H2,(H,14,15). The second-order valence-electron chi connectivity index (χ2n) is 3.98. The SMILES string of the molecule is O=C(O)CCCCCCCCC[Si](Cl)(Cl)Cl. The molecule has 0 radical (unpaired) electrons. The van der Waals surface area contributed by atoms with Gasteiger partial charge >= 0.3 is 12.0 Å². The van der Waals surface area contributed by atoms with Gasteiger partial charge in [0, 0.05) is 6.42 Å². The van der Waals surface area contributed by atoms with Gasteiger partial charge in [-0.05, 0) is 12.5 Å². The molecule has 0 atom stereocenters. The Kier molecular flexibility index (Phi) is 9.91. The molecule has 0 unspecified atom stereocenters. The maximum Gasteiger partial charge on any atom is 0.341 e. The van der Waals surface area contributed by atoms with E-state index < -0.39 is 12.0 Å². The van der Waals surface area contributed by atoms with Gasteiger partial charge in [-0.15, -0.1) is 33.2 Å². The van der Waals surface area contributed by atoms with Crippen LogP contribution in [0.2, 0.25) is 6.04 Å². The van der Waals surface area contributed by atoms with E-state index in [1.807, 2.05) is 0 Å². The fraction of sp³-hybridized carbons (Fsp3) is 0.900. The zero-order chi connectivity index (χ0) is 12.4. The van der Waals surface area contributed by atoms with E-state index >= 15 is 0 Å². The molecule has 0 bridgehead atoms. The number of aliphatic carboxylic acids is 1. The molecule has 2 nitrogen and oxygen atoms in total. The van der Waals surface area contributed by atoms with Crippen molar-refractivity contribution in [3.8, 4) is 0 Å². The van der Waals surface area contributed by atoms with Crippen molar-refractivity contribution < 1.29 is 9.90 Å². The molecule has 0 saturated carbocycles. The van der Waals surface area contributed by atoms with Crippen molar-refractivity contribution in [2.24, 2.45) is 0 Å². The summed E-state index contributed by atoms with van der Waals surface area (Å²) in [4.78, 5) is 10.2. The molecule has 0 aliphatic heterocycles. The Bertz CT molecular complexity index is 195. The highest BCUT2D eigenvalue weighted by molar-refractivity contribution is 7.64. The zero-order valence-corrected chi connectivity index (χ0v) is 12.6. The van der Waals surface area contributed by atoms with E-state index in [-0.39, 0.29) is 0 Å². The minimum Gasteiger partial charge on any atom is -0.481 e. The molecule has 16 heavy (non-hydrogen) atoms. The van der Waals surface area contributed by atoms with Gasteiger partial charge in [-0.2, -0.15) is 0 Å². The number of halogens is 3. The fourth-order valence-electron chi connectivity index (χ4n) is 1.49. The topological polar surface area (TPSA) is 37.3 Å². The lowest BCUT2D eigenvalue weighted by atomic mass is 10.1. The van der Waals surface area contributed by atoms with Gasteiger partial charge in [0.2, 0.25) is 0 Å². The van der Waals surface area contributed by atoms with E-state index in [1.54, 1.807) is 0 Å². The minimum absolute atomic E-state index is 0.291. The second kappa shape index (κ2) is 9.57. The molecule has 0 heterocycles. The van der Waals surface area contributed by atoms with Crippen molar-refractivity contribution in [3.05, 3.63) is 0 Å². The Morgan fingerprint density at radius 2 is 1.31 bits per heavy atom. The van der Waals surface area contributed by atoms with Gasteiger partial charge in [0.1, 0.15) is 0 Å². The molecule has 6 heteroatoms. The Balaban J connectivity index is 3.07. The number of carboxylic acids is 1. The number of carbonyl (C=O) groups is 1. The summed E-state index contributed by atoms with van der Waals surface area (Å²) in [5, 5.41) is 8.43. The van der Waals surface area contributed by atoms with Gasteiger partial charge in [0.05, 0.1) is 0 Å². The number of hydrogen-bond acceptors (Lipinski definition) is 1. The first kappa shape index (κ1) is 16.6. The molecular formula is C10H19Cl3O2Si. The van der Waals surface area contributed by atoms with Crippen LogP contribution in [0.25, 0.3) is 0 Å². The van der Waals surface area contributed by atoms with Gasteiger partial charge in [0.15, 0.2) is 0 Å². The Morgan fingerprint density at radius 3 is 1.75 bits per heavy atom. The van der Waals surface area contributed by atoms with Crippen LogP contribution in [-0.2, 0) is 4.79 Å². The molecule has 96 valence electrons. The number of rotatable bonds is 10. The van der Waals surface area contributed by atoms with Crippen LogP contribution in [0, 0.1) is 0 Å². The van der Waals surface area contributed by atoms with Crippen LogP contribution in [-0.4, -0.2) is 17.1 Å². The quantitative estimate of drug-likeness (QED) is 0.356. The van der Waals surface area contributed by atoms with Crippen molar-refractivity contribution >= 4 is 45.2 Å². The second-order valence-corrected chi connectivity index (χ2v) is 13.3. The molecule has 0 aromatic rings. The van der Waals surface area contributed by atoms with E-state index in [0.717, 1.165) is 51.0 Å². The summed E-state index contributed by atoms with van der Waals surface area (Å²) in [6, 6.07) is -1.65. The van der Waals surface area contributed by atoms with Gasteiger partial charge in [-0.3, -0.25) is 4.79 Å². The van der Waals surface area contributed by atoms with Crippen molar-refractivity contribution in [2.45, 2.75) is 57.4 Å². The van der Waals surface area contributed by atoms with E-state index in [4.69, 9.17) is 38.3 Å². The maximum atomic E-state index is 10.2. The van der Waals surface area contributed by atoms with Crippen LogP contribution in [0.1, 0.15) is 51.4 Å². The van der Waals surface area contributed by atoms with Gasteiger partial charge in [-0.25, -0.2) is 0 Å². The third-order valence-corrected chi connectivity index (χ3v) is 4.97. The Hall–Kier alpha value is 0.557. The average Bonchev–Trinajstić information content (AvgIpc) is 2.13. The monoisotopic (exact) mass is 304 g/mol. The van der Waals surface area contributed by atoms with Crippen LogP contribution in [0.4, 0.5) is 0 Å². The summed E-state index contributed by atoms with van der Waals surface area (Å²) in [6.45, 7) is 0. The predicted octanol–water partition coefficient (Wildman–Crippen LogP) is 4.85. The first-order valence-electron chi connectivity index (χ1n) is 5.70. The summed E-state index contributed by atoms with van der Waals surface area (Å²) in [5.74, 6) is -0.701. The van der Waals surface area contributed by atoms with Gasteiger partial charge in [0.25, 0.3) is 0 Å². The molecule has 0 aromatic heterocycles. The minimum atomic E-state index is -2.40. The fourth-order valence-corrected chi connectivity index (χ4v) is 3.34. The molecule has 0 aromatic carbocycles. The molecule has 0 fully saturated rings. The molecule has 0 aliphatic carbocycles. The van der Waals surface area contributed by atoms with Crippen LogP contribution in [0.5, 0.6) is 0 Å². The lowest BCUT2D eigenvalue weighted by molar-refractivity contribution is -0.137. The molecule has 0 rings (SSSR count). The lowest BCUT2D eigenvalue weighted by Gasteiger charge is -2.06. The van der Waals surface area contributed by atoms with Crippen molar-refractivity contribution in [1.29, 1.82) is 0 Å². The summed E-state index contributed by atoms with van der Waals surface area (Å²) in [7, 11) is 0. The van der Waals surface area contributed by atoms with Crippen LogP contribution in [0.15, 0.2) is 0 Å². The number of unbranched alkanes of at least 4 members (excludes halogenated alkanes) is 6. The van der Waals surface area contributed by atoms with Crippen molar-refractivity contribution in [3.63, 3.8) is 0 Å². The van der Waals surface area contributed by atoms with E-state index in [9.17, 15) is 4.79 Å². The largest absolute Gasteiger partial charge is 0.481 e. The Labute approximate surface area is 112 Å². The van der Waals surface area contributed by atoms with Crippen molar-refractivity contribution in [1.82, 2.24) is 0 Å². The average molecular weight is 306 g/mol. The summed E-state index contributed by atoms with van der Waals surface area (Å²) in [5.41, 5.74) is 0. The lowest BCUT2D eigenvalue weighted by Crippen LogP contribution is -2.07. The molecule has 1 N–H and O–H groups in total. The van der Waals surface area contributed by atoms with Crippen LogP contribution < -0.4 is 0 Å². The molecular weight excluding hydrogens is 287 g/mol. The highest BCUT2D eigenvalue weighted by atomic mass is 35.8. The summed E-state index contributed by atoms with van der Waals surface area (Å²) >= 11 is 17.3. The molecule has 0 spiro atoms. The zero-order valence-electron chi connectivity index (χ0n) is 9.35. The molecule has 0 aliphatic rings. The summed E-state index contributed by atoms with van der Waals surface area (Å²) in [6.07, 6.45) is 7.61. The third kappa shape index (κ3) is 14.6. The van der Waals surface area contributed by atoms with Gasteiger partial charge in [-0.1, -0.05) is 38.5 Å². The predicted molar refractivity (Wildman–Crippen MR) is 72.7 cm³/mol. The molecule has 0 saturated heterocycles. The highest BCUT2D eigenvalue weighted by Gasteiger charge is 2.23. The maximum absolute atomic E-state index is 10.2. The normalized spacial score (nSPS) is 11.7.